The Balaban J connectivity index is 1.33. The van der Waals surface area contributed by atoms with Crippen LogP contribution in [0.1, 0.15) is 29.6 Å². The molecule has 0 saturated heterocycles. The van der Waals surface area contributed by atoms with Crippen LogP contribution in [0, 0.1) is 0 Å². The van der Waals surface area contributed by atoms with E-state index in [0.29, 0.717) is 25.9 Å². The zero-order valence-electron chi connectivity index (χ0n) is 17.1. The largest absolute Gasteiger partial charge is 0.338 e. The Bertz CT molecular complexity index is 1190. The number of aryl methyl sites for hydroxylation is 3. The van der Waals surface area contributed by atoms with Gasteiger partial charge in [0.25, 0.3) is 0 Å². The molecule has 3 aromatic heterocycles. The fourth-order valence-corrected chi connectivity index (χ4v) is 5.02. The standard InChI is InChI=1S/C21H23N7OS/c1-3-27-13-22-24-21(27)20-14-12-28(11-10-16(14)26(2)25-20)19(29)9-8-18-23-15-6-4-5-7-17(15)30-18/h4-7,13H,3,8-12H2,1-2H3. The highest BCUT2D eigenvalue weighted by Crippen LogP contribution is 2.29. The summed E-state index contributed by atoms with van der Waals surface area (Å²) in [6.45, 7) is 4.11. The molecule has 8 nitrogen and oxygen atoms in total. The third kappa shape index (κ3) is 3.28. The Labute approximate surface area is 178 Å². The lowest BCUT2D eigenvalue weighted by Crippen LogP contribution is -2.36. The van der Waals surface area contributed by atoms with Crippen molar-refractivity contribution in [3.63, 3.8) is 0 Å². The summed E-state index contributed by atoms with van der Waals surface area (Å²) in [5, 5.41) is 14.0. The van der Waals surface area contributed by atoms with E-state index in [9.17, 15) is 4.79 Å². The van der Waals surface area contributed by atoms with Gasteiger partial charge in [-0.2, -0.15) is 5.10 Å². The van der Waals surface area contributed by atoms with Crippen LogP contribution in [0.5, 0.6) is 0 Å². The number of benzene rings is 1. The van der Waals surface area contributed by atoms with E-state index >= 15 is 0 Å². The summed E-state index contributed by atoms with van der Waals surface area (Å²) in [6, 6.07) is 8.10. The summed E-state index contributed by atoms with van der Waals surface area (Å²) in [5.41, 5.74) is 4.09. The first-order valence-corrected chi connectivity index (χ1v) is 11.0. The molecule has 1 aliphatic rings. The van der Waals surface area contributed by atoms with Crippen molar-refractivity contribution in [1.82, 2.24) is 34.4 Å². The number of para-hydroxylation sites is 1. The second-order valence-electron chi connectivity index (χ2n) is 7.48. The summed E-state index contributed by atoms with van der Waals surface area (Å²) >= 11 is 1.67. The van der Waals surface area contributed by atoms with Crippen LogP contribution in [0.3, 0.4) is 0 Å². The van der Waals surface area contributed by atoms with Gasteiger partial charge in [0.15, 0.2) is 5.82 Å². The minimum absolute atomic E-state index is 0.159. The lowest BCUT2D eigenvalue weighted by Gasteiger charge is -2.27. The van der Waals surface area contributed by atoms with Gasteiger partial charge in [-0.3, -0.25) is 9.48 Å². The highest BCUT2D eigenvalue weighted by molar-refractivity contribution is 7.18. The third-order valence-corrected chi connectivity index (χ3v) is 6.75. The number of fused-ring (bicyclic) bond motifs is 2. The molecule has 0 radical (unpaired) electrons. The topological polar surface area (TPSA) is 81.7 Å². The number of rotatable bonds is 5. The van der Waals surface area contributed by atoms with E-state index in [4.69, 9.17) is 5.10 Å². The molecule has 9 heteroatoms. The summed E-state index contributed by atoms with van der Waals surface area (Å²) in [6.07, 6.45) is 3.66. The molecule has 1 aliphatic heterocycles. The van der Waals surface area contributed by atoms with Crippen LogP contribution in [-0.4, -0.2) is 46.9 Å². The fraction of sp³-hybridized carbons (Fsp3) is 0.381. The molecule has 1 amide bonds. The van der Waals surface area contributed by atoms with E-state index in [2.05, 4.69) is 28.2 Å². The van der Waals surface area contributed by atoms with Crippen molar-refractivity contribution in [3.05, 3.63) is 46.9 Å². The molecule has 0 atom stereocenters. The van der Waals surface area contributed by atoms with Gasteiger partial charge in [0.05, 0.1) is 15.2 Å². The highest BCUT2D eigenvalue weighted by atomic mass is 32.1. The number of hydrogen-bond donors (Lipinski definition) is 0. The zero-order valence-corrected chi connectivity index (χ0v) is 17.9. The normalized spacial score (nSPS) is 13.7. The van der Waals surface area contributed by atoms with Crippen LogP contribution in [0.25, 0.3) is 21.7 Å². The average molecular weight is 422 g/mol. The number of carbonyl (C=O) groups excluding carboxylic acids is 1. The lowest BCUT2D eigenvalue weighted by molar-refractivity contribution is -0.132. The molecule has 0 saturated carbocycles. The summed E-state index contributed by atoms with van der Waals surface area (Å²) in [5.74, 6) is 0.921. The first-order chi connectivity index (χ1) is 14.6. The van der Waals surface area contributed by atoms with Crippen LogP contribution in [0.4, 0.5) is 0 Å². The lowest BCUT2D eigenvalue weighted by atomic mass is 10.0. The van der Waals surface area contributed by atoms with Crippen LogP contribution < -0.4 is 0 Å². The molecule has 0 aliphatic carbocycles. The van der Waals surface area contributed by atoms with E-state index < -0.39 is 0 Å². The molecule has 30 heavy (non-hydrogen) atoms. The highest BCUT2D eigenvalue weighted by Gasteiger charge is 2.28. The van der Waals surface area contributed by atoms with Crippen molar-refractivity contribution in [3.8, 4) is 11.5 Å². The van der Waals surface area contributed by atoms with Gasteiger partial charge in [0.1, 0.15) is 12.0 Å². The summed E-state index contributed by atoms with van der Waals surface area (Å²) in [4.78, 5) is 19.6. The van der Waals surface area contributed by atoms with E-state index in [1.807, 2.05) is 39.4 Å². The fourth-order valence-electron chi connectivity index (χ4n) is 4.05. The monoisotopic (exact) mass is 421 g/mol. The van der Waals surface area contributed by atoms with Gasteiger partial charge in [-0.1, -0.05) is 12.1 Å². The van der Waals surface area contributed by atoms with Crippen molar-refractivity contribution < 1.29 is 4.79 Å². The van der Waals surface area contributed by atoms with Crippen LogP contribution in [-0.2, 0) is 37.8 Å². The van der Waals surface area contributed by atoms with Crippen molar-refractivity contribution in [2.75, 3.05) is 6.54 Å². The van der Waals surface area contributed by atoms with E-state index in [1.54, 1.807) is 17.7 Å². The summed E-state index contributed by atoms with van der Waals surface area (Å²) in [7, 11) is 1.96. The molecule has 4 aromatic rings. The average Bonchev–Trinajstić information content (AvgIpc) is 3.48. The maximum absolute atomic E-state index is 13.0. The Morgan fingerprint density at radius 1 is 1.27 bits per heavy atom. The molecule has 0 N–H and O–H groups in total. The Morgan fingerprint density at radius 2 is 2.13 bits per heavy atom. The molecule has 0 unspecified atom stereocenters. The van der Waals surface area contributed by atoms with Crippen molar-refractivity contribution >= 4 is 27.5 Å². The summed E-state index contributed by atoms with van der Waals surface area (Å²) < 4.78 is 5.07. The first kappa shape index (κ1) is 18.9. The van der Waals surface area contributed by atoms with Crippen molar-refractivity contribution in [2.45, 2.75) is 39.3 Å². The molecule has 5 rings (SSSR count). The Hall–Kier alpha value is -3.07. The van der Waals surface area contributed by atoms with Crippen LogP contribution in [0.2, 0.25) is 0 Å². The number of nitrogens with zero attached hydrogens (tertiary/aromatic N) is 7. The molecular weight excluding hydrogens is 398 g/mol. The van der Waals surface area contributed by atoms with Gasteiger partial charge in [-0.15, -0.1) is 21.5 Å². The molecule has 0 fully saturated rings. The van der Waals surface area contributed by atoms with Gasteiger partial charge in [0, 0.05) is 57.2 Å². The van der Waals surface area contributed by atoms with Gasteiger partial charge < -0.3 is 9.47 Å². The van der Waals surface area contributed by atoms with E-state index in [-0.39, 0.29) is 5.91 Å². The van der Waals surface area contributed by atoms with Gasteiger partial charge in [-0.25, -0.2) is 4.98 Å². The molecule has 154 valence electrons. The smallest absolute Gasteiger partial charge is 0.223 e. The Kier molecular flexibility index (Phi) is 4.82. The quantitative estimate of drug-likeness (QED) is 0.495. The molecular formula is C21H23N7OS. The van der Waals surface area contributed by atoms with Gasteiger partial charge >= 0.3 is 0 Å². The molecule has 0 spiro atoms. The van der Waals surface area contributed by atoms with E-state index in [1.165, 1.54) is 10.4 Å². The second-order valence-corrected chi connectivity index (χ2v) is 8.59. The number of aromatic nitrogens is 6. The number of carbonyl (C=O) groups is 1. The zero-order chi connectivity index (χ0) is 20.7. The first-order valence-electron chi connectivity index (χ1n) is 10.2. The maximum atomic E-state index is 13.0. The Morgan fingerprint density at radius 3 is 2.97 bits per heavy atom. The maximum Gasteiger partial charge on any atom is 0.223 e. The molecule has 0 bridgehead atoms. The third-order valence-electron chi connectivity index (χ3n) is 5.65. The predicted octanol–water partition coefficient (Wildman–Crippen LogP) is 2.83. The van der Waals surface area contributed by atoms with Gasteiger partial charge in [-0.05, 0) is 19.1 Å². The number of hydrogen-bond acceptors (Lipinski definition) is 6. The number of thiazole rings is 1. The molecule has 4 heterocycles. The van der Waals surface area contributed by atoms with Crippen LogP contribution in [0.15, 0.2) is 30.6 Å². The predicted molar refractivity (Wildman–Crippen MR) is 115 cm³/mol. The van der Waals surface area contributed by atoms with Gasteiger partial charge in [0.2, 0.25) is 5.91 Å². The minimum atomic E-state index is 0.159. The SMILES string of the molecule is CCn1cnnc1-c1nn(C)c2c1CN(C(=O)CCc1nc3ccccc3s1)CC2. The van der Waals surface area contributed by atoms with E-state index in [0.717, 1.165) is 40.6 Å². The van der Waals surface area contributed by atoms with Crippen molar-refractivity contribution in [1.29, 1.82) is 0 Å². The van der Waals surface area contributed by atoms with Crippen LogP contribution >= 0.6 is 11.3 Å². The van der Waals surface area contributed by atoms with Crippen molar-refractivity contribution in [2.24, 2.45) is 7.05 Å². The molecule has 1 aromatic carbocycles. The second kappa shape index (κ2) is 7.64. The number of amides is 1. The minimum Gasteiger partial charge on any atom is -0.338 e.